The molecular weight excluding hydrogens is 583 g/mol. The number of amides is 2. The molecule has 1 aromatic carbocycles. The van der Waals surface area contributed by atoms with Crippen LogP contribution >= 0.6 is 22.9 Å². The van der Waals surface area contributed by atoms with Crippen LogP contribution in [0.4, 0.5) is 18.9 Å². The zero-order valence-corrected chi connectivity index (χ0v) is 23.3. The lowest BCUT2D eigenvalue weighted by Crippen LogP contribution is -2.18. The van der Waals surface area contributed by atoms with E-state index in [1.165, 1.54) is 27.8 Å². The molecule has 0 aliphatic rings. The van der Waals surface area contributed by atoms with Crippen LogP contribution in [-0.4, -0.2) is 36.4 Å². The van der Waals surface area contributed by atoms with E-state index in [9.17, 15) is 22.8 Å². The number of primary amides is 1. The number of thiophene rings is 1. The molecule has 15 heteroatoms. The van der Waals surface area contributed by atoms with Crippen LogP contribution in [0.5, 0.6) is 5.75 Å². The molecule has 3 N–H and O–H groups in total. The Labute approximate surface area is 239 Å². The fourth-order valence-corrected chi connectivity index (χ4v) is 5.39. The van der Waals surface area contributed by atoms with Crippen LogP contribution in [0.2, 0.25) is 5.02 Å². The van der Waals surface area contributed by atoms with E-state index in [0.717, 1.165) is 11.6 Å². The zero-order chi connectivity index (χ0) is 29.6. The Bertz CT molecular complexity index is 1830. The highest BCUT2D eigenvalue weighted by Crippen LogP contribution is 2.44. The van der Waals surface area contributed by atoms with Crippen molar-refractivity contribution in [1.82, 2.24) is 24.5 Å². The molecule has 0 atom stereocenters. The summed E-state index contributed by atoms with van der Waals surface area (Å²) in [5.74, 6) is -1.08. The molecule has 0 aliphatic carbocycles. The van der Waals surface area contributed by atoms with Crippen LogP contribution in [0.15, 0.2) is 42.7 Å². The Hall–Kier alpha value is -4.43. The number of alkyl halides is 3. The number of nitrogens with one attached hydrogen (secondary N) is 1. The Balaban J connectivity index is 1.52. The van der Waals surface area contributed by atoms with Gasteiger partial charge in [-0.3, -0.25) is 14.3 Å². The standard InChI is InChI=1S/C26H21ClF3N7O3S/c1-12-8-14(27)4-5-18(12)40-11-37-7-6-17(35-37)24(39)34-21-20-15(16-10-32-36(3)13(16)2)9-19(26(28,29)30)33-25(20)41-22(21)23(31)38/h4-10H,11H2,1-3H3,(H2,31,38)(H,34,39). The normalized spacial score (nSPS) is 11.7. The van der Waals surface area contributed by atoms with E-state index in [4.69, 9.17) is 22.1 Å². The number of hydrogen-bond acceptors (Lipinski definition) is 7. The number of rotatable bonds is 7. The van der Waals surface area contributed by atoms with Crippen molar-refractivity contribution in [3.05, 3.63) is 75.3 Å². The number of fused-ring (bicyclic) bond motifs is 1. The van der Waals surface area contributed by atoms with Gasteiger partial charge in [-0.25, -0.2) is 9.67 Å². The first-order chi connectivity index (χ1) is 19.3. The topological polar surface area (TPSA) is 130 Å². The van der Waals surface area contributed by atoms with Gasteiger partial charge < -0.3 is 15.8 Å². The van der Waals surface area contributed by atoms with E-state index in [2.05, 4.69) is 20.5 Å². The predicted molar refractivity (Wildman–Crippen MR) is 147 cm³/mol. The summed E-state index contributed by atoms with van der Waals surface area (Å²) in [7, 11) is 1.64. The van der Waals surface area contributed by atoms with Gasteiger partial charge in [-0.15, -0.1) is 11.3 Å². The summed E-state index contributed by atoms with van der Waals surface area (Å²) in [6, 6.07) is 7.43. The summed E-state index contributed by atoms with van der Waals surface area (Å²) in [6.45, 7) is 3.50. The Morgan fingerprint density at radius 1 is 1.17 bits per heavy atom. The van der Waals surface area contributed by atoms with Crippen molar-refractivity contribution in [3.63, 3.8) is 0 Å². The number of aryl methyl sites for hydroxylation is 2. The summed E-state index contributed by atoms with van der Waals surface area (Å²) in [6.07, 6.45) is -1.84. The lowest BCUT2D eigenvalue weighted by atomic mass is 10.0. The number of hydrogen-bond donors (Lipinski definition) is 2. The van der Waals surface area contributed by atoms with Gasteiger partial charge in [0.25, 0.3) is 11.8 Å². The molecule has 5 aromatic rings. The van der Waals surface area contributed by atoms with Crippen LogP contribution in [0.25, 0.3) is 21.3 Å². The fourth-order valence-electron chi connectivity index (χ4n) is 4.15. The van der Waals surface area contributed by atoms with Crippen molar-refractivity contribution in [2.45, 2.75) is 26.8 Å². The number of nitrogens with zero attached hydrogens (tertiary/aromatic N) is 5. The van der Waals surface area contributed by atoms with Gasteiger partial charge in [-0.1, -0.05) is 11.6 Å². The van der Waals surface area contributed by atoms with E-state index in [1.54, 1.807) is 32.2 Å². The first-order valence-electron chi connectivity index (χ1n) is 11.9. The molecule has 0 aliphatic heterocycles. The smallest absolute Gasteiger partial charge is 0.433 e. The number of halogens is 4. The van der Waals surface area contributed by atoms with Crippen LogP contribution < -0.4 is 15.8 Å². The molecule has 0 spiro atoms. The molecule has 10 nitrogen and oxygen atoms in total. The molecule has 4 aromatic heterocycles. The molecule has 0 radical (unpaired) electrons. The summed E-state index contributed by atoms with van der Waals surface area (Å²) in [5.41, 5.74) is 6.14. The predicted octanol–water partition coefficient (Wildman–Crippen LogP) is 5.57. The number of pyridine rings is 1. The number of carbonyl (C=O) groups is 2. The number of nitrogens with two attached hydrogens (primary N) is 1. The van der Waals surface area contributed by atoms with E-state index in [0.29, 0.717) is 33.4 Å². The van der Waals surface area contributed by atoms with Gasteiger partial charge in [0.1, 0.15) is 21.2 Å². The molecule has 5 rings (SSSR count). The van der Waals surface area contributed by atoms with Crippen molar-refractivity contribution in [3.8, 4) is 16.9 Å². The number of anilines is 1. The van der Waals surface area contributed by atoms with E-state index >= 15 is 0 Å². The van der Waals surface area contributed by atoms with E-state index in [1.807, 2.05) is 6.92 Å². The number of ether oxygens (including phenoxy) is 1. The fraction of sp³-hybridized carbons (Fsp3) is 0.192. The van der Waals surface area contributed by atoms with Crippen LogP contribution in [0, 0.1) is 13.8 Å². The summed E-state index contributed by atoms with van der Waals surface area (Å²) in [5, 5.41) is 11.7. The summed E-state index contributed by atoms with van der Waals surface area (Å²) in [4.78, 5) is 29.1. The highest BCUT2D eigenvalue weighted by molar-refractivity contribution is 7.21. The van der Waals surface area contributed by atoms with Gasteiger partial charge in [-0.2, -0.15) is 23.4 Å². The monoisotopic (exact) mass is 603 g/mol. The molecule has 0 saturated heterocycles. The molecule has 212 valence electrons. The molecule has 4 heterocycles. The quantitative estimate of drug-likeness (QED) is 0.250. The molecule has 0 bridgehead atoms. The molecule has 0 saturated carbocycles. The molecule has 41 heavy (non-hydrogen) atoms. The maximum Gasteiger partial charge on any atom is 0.433 e. The largest absolute Gasteiger partial charge is 0.471 e. The third-order valence-electron chi connectivity index (χ3n) is 6.30. The molecule has 2 amide bonds. The number of carbonyl (C=O) groups excluding carboxylic acids is 2. The highest BCUT2D eigenvalue weighted by Gasteiger charge is 2.35. The highest BCUT2D eigenvalue weighted by atomic mass is 35.5. The van der Waals surface area contributed by atoms with Gasteiger partial charge >= 0.3 is 6.18 Å². The number of benzene rings is 1. The second-order valence-electron chi connectivity index (χ2n) is 9.05. The minimum Gasteiger partial charge on any atom is -0.471 e. The van der Waals surface area contributed by atoms with E-state index < -0.39 is 23.7 Å². The van der Waals surface area contributed by atoms with Crippen LogP contribution in [-0.2, 0) is 20.0 Å². The van der Waals surface area contributed by atoms with Crippen molar-refractivity contribution in [2.24, 2.45) is 12.8 Å². The third-order valence-corrected chi connectivity index (χ3v) is 7.64. The van der Waals surface area contributed by atoms with Crippen molar-refractivity contribution >= 4 is 50.7 Å². The zero-order valence-electron chi connectivity index (χ0n) is 21.7. The minimum absolute atomic E-state index is 0.0156. The van der Waals surface area contributed by atoms with Crippen LogP contribution in [0.3, 0.4) is 0 Å². The third kappa shape index (κ3) is 5.47. The molecular formula is C26H21ClF3N7O3S. The summed E-state index contributed by atoms with van der Waals surface area (Å²) >= 11 is 6.63. The molecule has 0 unspecified atom stereocenters. The average Bonchev–Trinajstić information content (AvgIpc) is 3.61. The van der Waals surface area contributed by atoms with E-state index in [-0.39, 0.29) is 38.8 Å². The van der Waals surface area contributed by atoms with Gasteiger partial charge in [0, 0.05) is 34.9 Å². The lowest BCUT2D eigenvalue weighted by molar-refractivity contribution is -0.140. The average molecular weight is 604 g/mol. The number of aromatic nitrogens is 5. The van der Waals surface area contributed by atoms with Crippen molar-refractivity contribution in [1.29, 1.82) is 0 Å². The maximum atomic E-state index is 13.8. The molecule has 0 fully saturated rings. The second-order valence-corrected chi connectivity index (χ2v) is 10.5. The van der Waals surface area contributed by atoms with Gasteiger partial charge in [0.15, 0.2) is 12.4 Å². The van der Waals surface area contributed by atoms with Gasteiger partial charge in [0.2, 0.25) is 0 Å². The summed E-state index contributed by atoms with van der Waals surface area (Å²) < 4.78 is 49.9. The Morgan fingerprint density at radius 2 is 1.93 bits per heavy atom. The lowest BCUT2D eigenvalue weighted by Gasteiger charge is -2.12. The van der Waals surface area contributed by atoms with Crippen LogP contribution in [0.1, 0.15) is 37.1 Å². The Kier molecular flexibility index (Phi) is 7.21. The van der Waals surface area contributed by atoms with Gasteiger partial charge in [-0.05, 0) is 55.3 Å². The Morgan fingerprint density at radius 3 is 2.56 bits per heavy atom. The minimum atomic E-state index is -4.77. The van der Waals surface area contributed by atoms with Crippen molar-refractivity contribution < 1.29 is 27.5 Å². The SMILES string of the molecule is Cc1cc(Cl)ccc1OCn1ccc(C(=O)Nc2c(C(N)=O)sc3nc(C(F)(F)F)cc(-c4cnn(C)c4C)c23)n1. The van der Waals surface area contributed by atoms with Gasteiger partial charge in [0.05, 0.1) is 11.9 Å². The first kappa shape index (κ1) is 28.1. The van der Waals surface area contributed by atoms with Crippen molar-refractivity contribution in [2.75, 3.05) is 5.32 Å². The maximum absolute atomic E-state index is 13.8. The second kappa shape index (κ2) is 10.5. The first-order valence-corrected chi connectivity index (χ1v) is 13.1.